The summed E-state index contributed by atoms with van der Waals surface area (Å²) in [5, 5.41) is 14.6. The summed E-state index contributed by atoms with van der Waals surface area (Å²) in [6, 6.07) is 4.01. The van der Waals surface area contributed by atoms with Crippen molar-refractivity contribution in [3.8, 4) is 11.5 Å². The predicted octanol–water partition coefficient (Wildman–Crippen LogP) is 4.26. The number of aromatic hydroxyl groups is 1. The van der Waals surface area contributed by atoms with Crippen molar-refractivity contribution in [1.29, 1.82) is 0 Å². The van der Waals surface area contributed by atoms with Crippen LogP contribution in [-0.2, 0) is 11.3 Å². The summed E-state index contributed by atoms with van der Waals surface area (Å²) in [5.41, 5.74) is 4.17. The highest BCUT2D eigenvalue weighted by Gasteiger charge is 2.53. The van der Waals surface area contributed by atoms with E-state index in [-0.39, 0.29) is 11.2 Å². The normalized spacial score (nSPS) is 36.0. The summed E-state index contributed by atoms with van der Waals surface area (Å²) in [6.45, 7) is 2.39. The Balaban J connectivity index is 1.69. The molecule has 0 amide bonds. The van der Waals surface area contributed by atoms with E-state index in [1.165, 1.54) is 36.1 Å². The number of phenols is 1. The number of nitrogens with zero attached hydrogens (tertiary/aromatic N) is 1. The van der Waals surface area contributed by atoms with Crippen LogP contribution in [0.25, 0.3) is 0 Å². The van der Waals surface area contributed by atoms with Gasteiger partial charge in [0.05, 0.1) is 12.8 Å². The first-order valence-electron chi connectivity index (χ1n) is 9.08. The summed E-state index contributed by atoms with van der Waals surface area (Å²) < 4.78 is 5.29. The Labute approximate surface area is 143 Å². The molecule has 0 saturated heterocycles. The van der Waals surface area contributed by atoms with Crippen LogP contribution in [-0.4, -0.2) is 25.0 Å². The van der Waals surface area contributed by atoms with E-state index in [1.807, 2.05) is 12.1 Å². The van der Waals surface area contributed by atoms with Crippen LogP contribution < -0.4 is 4.74 Å². The molecular weight excluding hydrogens is 302 g/mol. The largest absolute Gasteiger partial charge is 0.504 e. The van der Waals surface area contributed by atoms with Gasteiger partial charge in [0.25, 0.3) is 0 Å². The van der Waals surface area contributed by atoms with Crippen LogP contribution in [0.2, 0.25) is 0 Å². The Bertz CT molecular complexity index is 684. The molecule has 1 aromatic rings. The molecule has 130 valence electrons. The fourth-order valence-corrected chi connectivity index (χ4v) is 5.80. The third-order valence-electron chi connectivity index (χ3n) is 6.97. The standard InChI is InChI=1S/C20H27NO3/c1-20-9-8-13-14(16(20)6-7-19(20)21-24-3)5-4-12-10-18(23-2)17(22)11-15(12)13/h10-11,13-14,16,22H,4-9H2,1-3H3/b21-19+. The minimum Gasteiger partial charge on any atom is -0.504 e. The molecule has 0 radical (unpaired) electrons. The fourth-order valence-electron chi connectivity index (χ4n) is 5.80. The van der Waals surface area contributed by atoms with Crippen molar-refractivity contribution >= 4 is 5.71 Å². The van der Waals surface area contributed by atoms with E-state index in [0.717, 1.165) is 19.3 Å². The predicted molar refractivity (Wildman–Crippen MR) is 93.7 cm³/mol. The first-order valence-corrected chi connectivity index (χ1v) is 9.08. The second-order valence-electron chi connectivity index (χ2n) is 7.85. The highest BCUT2D eigenvalue weighted by molar-refractivity contribution is 5.92. The van der Waals surface area contributed by atoms with Crippen molar-refractivity contribution in [2.24, 2.45) is 22.4 Å². The van der Waals surface area contributed by atoms with Crippen LogP contribution in [0.3, 0.4) is 0 Å². The lowest BCUT2D eigenvalue weighted by Crippen LogP contribution is -2.42. The van der Waals surface area contributed by atoms with Crippen LogP contribution in [0.15, 0.2) is 17.3 Å². The third-order valence-corrected chi connectivity index (χ3v) is 6.97. The molecule has 4 unspecified atom stereocenters. The zero-order valence-corrected chi connectivity index (χ0v) is 14.8. The first kappa shape index (κ1) is 15.8. The Morgan fingerprint density at radius 3 is 2.75 bits per heavy atom. The van der Waals surface area contributed by atoms with Crippen molar-refractivity contribution in [3.05, 3.63) is 23.3 Å². The third kappa shape index (κ3) is 2.15. The van der Waals surface area contributed by atoms with Crippen molar-refractivity contribution in [2.75, 3.05) is 14.2 Å². The molecule has 4 atom stereocenters. The van der Waals surface area contributed by atoms with Crippen molar-refractivity contribution < 1.29 is 14.7 Å². The molecule has 2 fully saturated rings. The maximum atomic E-state index is 10.2. The molecule has 2 saturated carbocycles. The Hall–Kier alpha value is -1.71. The smallest absolute Gasteiger partial charge is 0.160 e. The van der Waals surface area contributed by atoms with Gasteiger partial charge in [-0.3, -0.25) is 0 Å². The van der Waals surface area contributed by atoms with E-state index in [4.69, 9.17) is 9.57 Å². The molecular formula is C20H27NO3. The van der Waals surface area contributed by atoms with Crippen molar-refractivity contribution in [3.63, 3.8) is 0 Å². The monoisotopic (exact) mass is 329 g/mol. The molecule has 0 aromatic heterocycles. The molecule has 1 N–H and O–H groups in total. The number of aryl methyl sites for hydroxylation is 1. The number of methoxy groups -OCH3 is 1. The van der Waals surface area contributed by atoms with E-state index < -0.39 is 0 Å². The molecule has 4 heteroatoms. The Kier molecular flexibility index (Phi) is 3.74. The summed E-state index contributed by atoms with van der Waals surface area (Å²) >= 11 is 0. The van der Waals surface area contributed by atoms with Gasteiger partial charge in [0.15, 0.2) is 11.5 Å². The summed E-state index contributed by atoms with van der Waals surface area (Å²) in [4.78, 5) is 5.11. The van der Waals surface area contributed by atoms with E-state index in [9.17, 15) is 5.11 Å². The zero-order valence-electron chi connectivity index (χ0n) is 14.8. The van der Waals surface area contributed by atoms with Gasteiger partial charge in [-0.2, -0.15) is 0 Å². The molecule has 4 nitrogen and oxygen atoms in total. The van der Waals surface area contributed by atoms with E-state index in [1.54, 1.807) is 14.2 Å². The molecule has 1 aromatic carbocycles. The van der Waals surface area contributed by atoms with E-state index in [2.05, 4.69) is 12.1 Å². The SMILES string of the molecule is CO/N=C1\CCC2C3CCc4cc(OC)c(O)cc4C3CCC12C. The van der Waals surface area contributed by atoms with Gasteiger partial charge >= 0.3 is 0 Å². The molecule has 3 aliphatic rings. The van der Waals surface area contributed by atoms with Crippen LogP contribution in [0.4, 0.5) is 0 Å². The summed E-state index contributed by atoms with van der Waals surface area (Å²) in [6.07, 6.45) is 6.92. The van der Waals surface area contributed by atoms with Crippen molar-refractivity contribution in [1.82, 2.24) is 0 Å². The summed E-state index contributed by atoms with van der Waals surface area (Å²) in [5.74, 6) is 2.81. The minimum absolute atomic E-state index is 0.198. The lowest BCUT2D eigenvalue weighted by Gasteiger charge is -2.49. The van der Waals surface area contributed by atoms with Gasteiger partial charge in [0.1, 0.15) is 7.11 Å². The molecule has 0 aliphatic heterocycles. The molecule has 4 rings (SSSR count). The maximum absolute atomic E-state index is 10.2. The van der Waals surface area contributed by atoms with Gasteiger partial charge in [-0.15, -0.1) is 0 Å². The molecule has 0 spiro atoms. The Morgan fingerprint density at radius 2 is 2.00 bits per heavy atom. The van der Waals surface area contributed by atoms with Gasteiger partial charge in [-0.1, -0.05) is 12.1 Å². The van der Waals surface area contributed by atoms with Crippen LogP contribution >= 0.6 is 0 Å². The van der Waals surface area contributed by atoms with Gasteiger partial charge in [0.2, 0.25) is 0 Å². The van der Waals surface area contributed by atoms with Crippen LogP contribution in [0.5, 0.6) is 11.5 Å². The highest BCUT2D eigenvalue weighted by Crippen LogP contribution is 2.60. The van der Waals surface area contributed by atoms with Gasteiger partial charge < -0.3 is 14.7 Å². The number of hydrogen-bond donors (Lipinski definition) is 1. The second kappa shape index (κ2) is 5.68. The number of rotatable bonds is 2. The topological polar surface area (TPSA) is 51.0 Å². The number of fused-ring (bicyclic) bond motifs is 5. The number of phenolic OH excluding ortho intramolecular Hbond substituents is 1. The zero-order chi connectivity index (χ0) is 16.9. The first-order chi connectivity index (χ1) is 11.6. The van der Waals surface area contributed by atoms with Crippen LogP contribution in [0, 0.1) is 17.3 Å². The van der Waals surface area contributed by atoms with E-state index >= 15 is 0 Å². The molecule has 24 heavy (non-hydrogen) atoms. The van der Waals surface area contributed by atoms with Crippen molar-refractivity contribution in [2.45, 2.75) is 51.4 Å². The average molecular weight is 329 g/mol. The molecule has 3 aliphatic carbocycles. The van der Waals surface area contributed by atoms with Gasteiger partial charge in [-0.25, -0.2) is 0 Å². The number of hydrogen-bond acceptors (Lipinski definition) is 4. The average Bonchev–Trinajstić information content (AvgIpc) is 2.91. The highest BCUT2D eigenvalue weighted by atomic mass is 16.6. The van der Waals surface area contributed by atoms with E-state index in [0.29, 0.717) is 23.5 Å². The lowest BCUT2D eigenvalue weighted by atomic mass is 9.55. The lowest BCUT2D eigenvalue weighted by molar-refractivity contribution is 0.0923. The Morgan fingerprint density at radius 1 is 1.17 bits per heavy atom. The number of benzene rings is 1. The molecule has 0 bridgehead atoms. The second-order valence-corrected chi connectivity index (χ2v) is 7.85. The molecule has 0 heterocycles. The van der Waals surface area contributed by atoms with Crippen LogP contribution in [0.1, 0.15) is 56.1 Å². The number of oxime groups is 1. The minimum atomic E-state index is 0.198. The fraction of sp³-hybridized carbons (Fsp3) is 0.650. The quantitative estimate of drug-likeness (QED) is 0.825. The summed E-state index contributed by atoms with van der Waals surface area (Å²) in [7, 11) is 3.27. The van der Waals surface area contributed by atoms with Gasteiger partial charge in [0, 0.05) is 5.41 Å². The number of ether oxygens (including phenoxy) is 1. The maximum Gasteiger partial charge on any atom is 0.160 e. The van der Waals surface area contributed by atoms with Gasteiger partial charge in [-0.05, 0) is 79.5 Å².